The number of aliphatic hydroxyl groups is 2. The van der Waals surface area contributed by atoms with Gasteiger partial charge in [0.25, 0.3) is 0 Å². The zero-order valence-electron chi connectivity index (χ0n) is 14.3. The second kappa shape index (κ2) is 7.01. The highest BCUT2D eigenvalue weighted by molar-refractivity contribution is 5.79. The second-order valence-electron chi connectivity index (χ2n) is 7.62. The summed E-state index contributed by atoms with van der Waals surface area (Å²) in [7, 11) is 0. The Labute approximate surface area is 146 Å². The van der Waals surface area contributed by atoms with Crippen LogP contribution >= 0.6 is 0 Å². The highest BCUT2D eigenvalue weighted by Crippen LogP contribution is 2.38. The van der Waals surface area contributed by atoms with Crippen molar-refractivity contribution in [3.05, 3.63) is 11.9 Å². The summed E-state index contributed by atoms with van der Waals surface area (Å²) in [5, 5.41) is 31.9. The maximum absolute atomic E-state index is 12.4. The first-order valence-electron chi connectivity index (χ1n) is 9.26. The lowest BCUT2D eigenvalue weighted by molar-refractivity contribution is -0.129. The summed E-state index contributed by atoms with van der Waals surface area (Å²) in [5.74, 6) is 0.286. The van der Waals surface area contributed by atoms with E-state index in [0.29, 0.717) is 44.9 Å². The van der Waals surface area contributed by atoms with E-state index >= 15 is 0 Å². The Balaban J connectivity index is 1.33. The minimum atomic E-state index is -0.944. The predicted octanol–water partition coefficient (Wildman–Crippen LogP) is -0.191. The van der Waals surface area contributed by atoms with E-state index in [9.17, 15) is 15.0 Å². The molecule has 1 aromatic rings. The van der Waals surface area contributed by atoms with E-state index < -0.39 is 18.2 Å². The maximum Gasteiger partial charge on any atom is 0.223 e. The van der Waals surface area contributed by atoms with Crippen molar-refractivity contribution in [2.45, 2.75) is 62.8 Å². The first-order valence-corrected chi connectivity index (χ1v) is 9.26. The monoisotopic (exact) mass is 350 g/mol. The molecule has 2 saturated carbocycles. The summed E-state index contributed by atoms with van der Waals surface area (Å²) in [6.45, 7) is 1.71. The van der Waals surface area contributed by atoms with Gasteiger partial charge in [0, 0.05) is 43.7 Å². The molecule has 1 aromatic heterocycles. The molecule has 4 unspecified atom stereocenters. The molecule has 0 radical (unpaired) electrons. The normalized spacial score (nSPS) is 33.5. The van der Waals surface area contributed by atoms with Gasteiger partial charge in [-0.1, -0.05) is 5.21 Å². The summed E-state index contributed by atoms with van der Waals surface area (Å²) < 4.78 is 7.03. The third-order valence-corrected chi connectivity index (χ3v) is 5.70. The molecule has 4 atom stereocenters. The summed E-state index contributed by atoms with van der Waals surface area (Å²) in [6.07, 6.45) is 4.43. The summed E-state index contributed by atoms with van der Waals surface area (Å²) in [4.78, 5) is 12.4. The van der Waals surface area contributed by atoms with Gasteiger partial charge in [-0.05, 0) is 32.1 Å². The van der Waals surface area contributed by atoms with Crippen LogP contribution in [0.2, 0.25) is 0 Å². The van der Waals surface area contributed by atoms with E-state index in [1.54, 1.807) is 4.68 Å². The van der Waals surface area contributed by atoms with Gasteiger partial charge < -0.3 is 20.3 Å². The van der Waals surface area contributed by atoms with Crippen LogP contribution in [0.1, 0.15) is 43.7 Å². The zero-order valence-corrected chi connectivity index (χ0v) is 14.3. The number of ether oxygens (including phenoxy) is 1. The van der Waals surface area contributed by atoms with Crippen molar-refractivity contribution in [1.29, 1.82) is 0 Å². The number of carbonyl (C=O) groups is 1. The molecule has 2 heterocycles. The Morgan fingerprint density at radius 3 is 2.72 bits per heavy atom. The Morgan fingerprint density at radius 2 is 2.00 bits per heavy atom. The van der Waals surface area contributed by atoms with Gasteiger partial charge in [-0.25, -0.2) is 0 Å². The predicted molar refractivity (Wildman–Crippen MR) is 87.6 cm³/mol. The number of aromatic nitrogens is 3. The molecular formula is C17H26N4O4. The molecule has 25 heavy (non-hydrogen) atoms. The number of carbonyl (C=O) groups excluding carboxylic acids is 1. The Hall–Kier alpha value is -1.51. The highest BCUT2D eigenvalue weighted by atomic mass is 16.5. The molecule has 138 valence electrons. The lowest BCUT2D eigenvalue weighted by atomic mass is 9.98. The Bertz CT molecular complexity index is 612. The van der Waals surface area contributed by atoms with Gasteiger partial charge in [0.15, 0.2) is 0 Å². The van der Waals surface area contributed by atoms with Gasteiger partial charge >= 0.3 is 0 Å². The van der Waals surface area contributed by atoms with Crippen LogP contribution in [0.15, 0.2) is 6.20 Å². The summed E-state index contributed by atoms with van der Waals surface area (Å²) in [6, 6.07) is -0.415. The van der Waals surface area contributed by atoms with Crippen LogP contribution in [-0.2, 0) is 16.1 Å². The lowest BCUT2D eigenvalue weighted by Gasteiger charge is -2.24. The average molecular weight is 350 g/mol. The fourth-order valence-corrected chi connectivity index (χ4v) is 3.92. The van der Waals surface area contributed by atoms with E-state index in [1.165, 1.54) is 12.8 Å². The van der Waals surface area contributed by atoms with Crippen LogP contribution < -0.4 is 5.32 Å². The molecule has 1 aliphatic heterocycles. The van der Waals surface area contributed by atoms with Crippen LogP contribution in [0.4, 0.5) is 0 Å². The minimum Gasteiger partial charge on any atom is -0.390 e. The minimum absolute atomic E-state index is 0.0445. The van der Waals surface area contributed by atoms with Crippen LogP contribution in [0.5, 0.6) is 0 Å². The van der Waals surface area contributed by atoms with Crippen LogP contribution in [0.3, 0.4) is 0 Å². The van der Waals surface area contributed by atoms with Crippen molar-refractivity contribution < 1.29 is 19.7 Å². The van der Waals surface area contributed by atoms with Crippen molar-refractivity contribution in [3.8, 4) is 0 Å². The summed E-state index contributed by atoms with van der Waals surface area (Å²) in [5.41, 5.74) is 1.01. The first kappa shape index (κ1) is 16.9. The van der Waals surface area contributed by atoms with Crippen LogP contribution in [0.25, 0.3) is 0 Å². The van der Waals surface area contributed by atoms with Crippen molar-refractivity contribution in [2.75, 3.05) is 13.2 Å². The molecule has 0 spiro atoms. The fourth-order valence-electron chi connectivity index (χ4n) is 3.92. The summed E-state index contributed by atoms with van der Waals surface area (Å²) >= 11 is 0. The number of rotatable bonds is 5. The molecule has 3 aliphatic rings. The average Bonchev–Trinajstić information content (AvgIpc) is 3.33. The highest BCUT2D eigenvalue weighted by Gasteiger charge is 2.43. The van der Waals surface area contributed by atoms with E-state index in [2.05, 4.69) is 15.6 Å². The fraction of sp³-hybridized carbons (Fsp3) is 0.824. The number of hydrogen-bond acceptors (Lipinski definition) is 6. The van der Waals surface area contributed by atoms with E-state index in [1.807, 2.05) is 6.20 Å². The molecule has 4 rings (SSSR count). The van der Waals surface area contributed by atoms with Gasteiger partial charge in [-0.2, -0.15) is 0 Å². The van der Waals surface area contributed by atoms with Crippen molar-refractivity contribution in [1.82, 2.24) is 20.3 Å². The van der Waals surface area contributed by atoms with Crippen molar-refractivity contribution in [3.63, 3.8) is 0 Å². The molecule has 3 fully saturated rings. The van der Waals surface area contributed by atoms with Gasteiger partial charge in [-0.15, -0.1) is 5.10 Å². The van der Waals surface area contributed by atoms with Gasteiger partial charge in [0.1, 0.15) is 6.10 Å². The SMILES string of the molecule is O=C(NC1CC(Cn2cc(C3CC3)nn2)C(O)C1O)C1CCOCC1. The Kier molecular flexibility index (Phi) is 4.75. The number of nitrogens with zero attached hydrogens (tertiary/aromatic N) is 3. The number of aliphatic hydroxyl groups excluding tert-OH is 2. The molecular weight excluding hydrogens is 324 g/mol. The first-order chi connectivity index (χ1) is 12.1. The standard InChI is InChI=1S/C17H26N4O4/c22-15-12(8-21-9-14(19-20-21)10-1-2-10)7-13(16(15)23)18-17(24)11-3-5-25-6-4-11/h9-13,15-16,22-23H,1-8H2,(H,18,24). The quantitative estimate of drug-likeness (QED) is 0.679. The smallest absolute Gasteiger partial charge is 0.223 e. The lowest BCUT2D eigenvalue weighted by Crippen LogP contribution is -2.46. The van der Waals surface area contributed by atoms with E-state index in [-0.39, 0.29) is 17.7 Å². The molecule has 0 bridgehead atoms. The Morgan fingerprint density at radius 1 is 1.24 bits per heavy atom. The third-order valence-electron chi connectivity index (χ3n) is 5.70. The molecule has 3 N–H and O–H groups in total. The topological polar surface area (TPSA) is 110 Å². The number of hydrogen-bond donors (Lipinski definition) is 3. The second-order valence-corrected chi connectivity index (χ2v) is 7.62. The number of amides is 1. The largest absolute Gasteiger partial charge is 0.390 e. The molecule has 0 aromatic carbocycles. The third kappa shape index (κ3) is 3.70. The molecule has 8 nitrogen and oxygen atoms in total. The van der Waals surface area contributed by atoms with Gasteiger partial charge in [-0.3, -0.25) is 9.48 Å². The van der Waals surface area contributed by atoms with Gasteiger partial charge in [0.2, 0.25) is 5.91 Å². The molecule has 1 saturated heterocycles. The van der Waals surface area contributed by atoms with Crippen molar-refractivity contribution >= 4 is 5.91 Å². The molecule has 1 amide bonds. The number of nitrogens with one attached hydrogen (secondary N) is 1. The van der Waals surface area contributed by atoms with Crippen LogP contribution in [-0.4, -0.2) is 62.6 Å². The molecule has 8 heteroatoms. The van der Waals surface area contributed by atoms with Crippen molar-refractivity contribution in [2.24, 2.45) is 11.8 Å². The van der Waals surface area contributed by atoms with Crippen LogP contribution in [0, 0.1) is 11.8 Å². The van der Waals surface area contributed by atoms with E-state index in [0.717, 1.165) is 5.69 Å². The zero-order chi connectivity index (χ0) is 17.4. The van der Waals surface area contributed by atoms with Gasteiger partial charge in [0.05, 0.1) is 17.8 Å². The maximum atomic E-state index is 12.4. The van der Waals surface area contributed by atoms with E-state index in [4.69, 9.17) is 4.74 Å². The molecule has 2 aliphatic carbocycles.